The van der Waals surface area contributed by atoms with E-state index in [0.29, 0.717) is 44.2 Å². The first-order valence-corrected chi connectivity index (χ1v) is 8.94. The van der Waals surface area contributed by atoms with Gasteiger partial charge in [-0.25, -0.2) is 0 Å². The minimum absolute atomic E-state index is 0.0336. The van der Waals surface area contributed by atoms with Gasteiger partial charge in [0.05, 0.1) is 0 Å². The Labute approximate surface area is 146 Å². The Hall–Kier alpha value is -2.28. The molecule has 2 saturated heterocycles. The fraction of sp³-hybridized carbons (Fsp3) is 0.556. The second-order valence-corrected chi connectivity index (χ2v) is 6.59. The maximum Gasteiger partial charge on any atom is 0.239 e. The Morgan fingerprint density at radius 3 is 2.80 bits per heavy atom. The minimum atomic E-state index is -0.564. The first kappa shape index (κ1) is 16.2. The van der Waals surface area contributed by atoms with Crippen molar-refractivity contribution in [3.8, 4) is 11.5 Å². The number of anilines is 1. The molecule has 1 atom stereocenters. The van der Waals surface area contributed by atoms with E-state index in [1.165, 1.54) is 0 Å². The number of nitrogens with one attached hydrogen (secondary N) is 1. The molecule has 1 unspecified atom stereocenters. The first-order chi connectivity index (χ1) is 12.2. The summed E-state index contributed by atoms with van der Waals surface area (Å²) in [5, 5.41) is 3.28. The summed E-state index contributed by atoms with van der Waals surface area (Å²) in [5.41, 5.74) is 0.766. The molecule has 0 spiro atoms. The van der Waals surface area contributed by atoms with E-state index in [4.69, 9.17) is 9.47 Å². The summed E-state index contributed by atoms with van der Waals surface area (Å²) in [6, 6.07) is 5.51. The predicted molar refractivity (Wildman–Crippen MR) is 92.0 cm³/mol. The zero-order valence-corrected chi connectivity index (χ0v) is 14.2. The third-order valence-corrected chi connectivity index (χ3v) is 4.99. The Balaban J connectivity index is 1.48. The smallest absolute Gasteiger partial charge is 0.239 e. The summed E-state index contributed by atoms with van der Waals surface area (Å²) < 4.78 is 11.1. The molecule has 134 valence electrons. The van der Waals surface area contributed by atoms with E-state index >= 15 is 0 Å². The van der Waals surface area contributed by atoms with Crippen LogP contribution in [0.5, 0.6) is 11.5 Å². The van der Waals surface area contributed by atoms with Gasteiger partial charge in [0, 0.05) is 37.9 Å². The van der Waals surface area contributed by atoms with Gasteiger partial charge in [0.15, 0.2) is 11.5 Å². The van der Waals surface area contributed by atoms with E-state index in [1.54, 1.807) is 4.90 Å². The molecule has 7 heteroatoms. The fourth-order valence-electron chi connectivity index (χ4n) is 3.65. The van der Waals surface area contributed by atoms with Gasteiger partial charge in [0.2, 0.25) is 11.8 Å². The fourth-order valence-corrected chi connectivity index (χ4v) is 3.65. The third kappa shape index (κ3) is 3.16. The van der Waals surface area contributed by atoms with E-state index in [9.17, 15) is 9.59 Å². The number of benzene rings is 1. The number of ether oxygens (including phenoxy) is 2. The second kappa shape index (κ2) is 6.92. The Morgan fingerprint density at radius 1 is 1.08 bits per heavy atom. The Morgan fingerprint density at radius 2 is 1.92 bits per heavy atom. The van der Waals surface area contributed by atoms with Gasteiger partial charge in [0.1, 0.15) is 19.1 Å². The van der Waals surface area contributed by atoms with Gasteiger partial charge in [-0.3, -0.25) is 9.59 Å². The normalized spacial score (nSPS) is 23.5. The molecule has 0 radical (unpaired) electrons. The maximum absolute atomic E-state index is 12.8. The van der Waals surface area contributed by atoms with Crippen molar-refractivity contribution in [2.45, 2.75) is 12.8 Å². The van der Waals surface area contributed by atoms with Gasteiger partial charge in [-0.05, 0) is 31.5 Å². The van der Waals surface area contributed by atoms with Gasteiger partial charge in [-0.15, -0.1) is 0 Å². The number of hydrogen-bond donors (Lipinski definition) is 1. The summed E-state index contributed by atoms with van der Waals surface area (Å²) in [6.45, 7) is 4.71. The zero-order valence-electron chi connectivity index (χ0n) is 14.2. The van der Waals surface area contributed by atoms with Crippen molar-refractivity contribution in [2.75, 3.05) is 50.8 Å². The largest absolute Gasteiger partial charge is 0.486 e. The predicted octanol–water partition coefficient (Wildman–Crippen LogP) is 0.633. The average molecular weight is 345 g/mol. The summed E-state index contributed by atoms with van der Waals surface area (Å²) in [4.78, 5) is 29.1. The molecule has 3 heterocycles. The highest BCUT2D eigenvalue weighted by Gasteiger charge is 2.40. The van der Waals surface area contributed by atoms with Crippen LogP contribution in [0.15, 0.2) is 18.2 Å². The molecule has 0 aliphatic carbocycles. The number of carbonyl (C=O) groups is 2. The Bertz CT molecular complexity index is 670. The molecule has 2 amide bonds. The second-order valence-electron chi connectivity index (χ2n) is 6.59. The molecule has 1 N–H and O–H groups in total. The summed E-state index contributed by atoms with van der Waals surface area (Å²) in [7, 11) is 0. The molecule has 4 rings (SSSR count). The minimum Gasteiger partial charge on any atom is -0.486 e. The van der Waals surface area contributed by atoms with Crippen LogP contribution in [0.2, 0.25) is 0 Å². The number of amides is 2. The number of carbonyl (C=O) groups excluding carboxylic acids is 2. The maximum atomic E-state index is 12.8. The van der Waals surface area contributed by atoms with Crippen molar-refractivity contribution in [3.05, 3.63) is 18.2 Å². The highest BCUT2D eigenvalue weighted by molar-refractivity contribution is 6.09. The highest BCUT2D eigenvalue weighted by atomic mass is 16.6. The third-order valence-electron chi connectivity index (χ3n) is 4.99. The lowest BCUT2D eigenvalue weighted by molar-refractivity contribution is -0.139. The summed E-state index contributed by atoms with van der Waals surface area (Å²) >= 11 is 0. The molecule has 25 heavy (non-hydrogen) atoms. The number of nitrogens with zero attached hydrogens (tertiary/aromatic N) is 2. The topological polar surface area (TPSA) is 71.1 Å². The summed E-state index contributed by atoms with van der Waals surface area (Å²) in [5.74, 6) is 0.648. The van der Waals surface area contributed by atoms with Gasteiger partial charge in [-0.2, -0.15) is 0 Å². The van der Waals surface area contributed by atoms with Crippen LogP contribution >= 0.6 is 0 Å². The molecular formula is C18H23N3O4. The van der Waals surface area contributed by atoms with Crippen LogP contribution in [0.1, 0.15) is 12.8 Å². The lowest BCUT2D eigenvalue weighted by Crippen LogP contribution is -2.41. The molecule has 0 aromatic heterocycles. The number of rotatable bonds is 2. The molecule has 1 aromatic carbocycles. The molecule has 1 aromatic rings. The van der Waals surface area contributed by atoms with E-state index in [1.807, 2.05) is 23.1 Å². The van der Waals surface area contributed by atoms with Gasteiger partial charge in [-0.1, -0.05) is 0 Å². The number of fused-ring (bicyclic) bond motifs is 1. The van der Waals surface area contributed by atoms with Gasteiger partial charge in [0.25, 0.3) is 0 Å². The van der Waals surface area contributed by atoms with Crippen LogP contribution in [-0.4, -0.2) is 62.7 Å². The zero-order chi connectivity index (χ0) is 17.2. The lowest BCUT2D eigenvalue weighted by atomic mass is 10.1. The summed E-state index contributed by atoms with van der Waals surface area (Å²) in [6.07, 6.45) is 1.49. The van der Waals surface area contributed by atoms with Gasteiger partial charge >= 0.3 is 0 Å². The standard InChI is InChI=1S/C18H23N3O4/c22-17(20-7-1-5-19-6-9-20)14-4-8-21(18(14)23)13-2-3-15-16(12-13)25-11-10-24-15/h2-3,12,14,19H,1,4-11H2. The van der Waals surface area contributed by atoms with E-state index < -0.39 is 5.92 Å². The van der Waals surface area contributed by atoms with E-state index in [0.717, 1.165) is 31.7 Å². The molecule has 7 nitrogen and oxygen atoms in total. The van der Waals surface area contributed by atoms with Crippen molar-refractivity contribution in [3.63, 3.8) is 0 Å². The lowest BCUT2D eigenvalue weighted by Gasteiger charge is -2.24. The first-order valence-electron chi connectivity index (χ1n) is 8.94. The van der Waals surface area contributed by atoms with Crippen molar-refractivity contribution in [1.29, 1.82) is 0 Å². The average Bonchev–Trinajstić information content (AvgIpc) is 2.85. The van der Waals surface area contributed by atoms with Crippen LogP contribution in [-0.2, 0) is 9.59 Å². The quantitative estimate of drug-likeness (QED) is 0.796. The van der Waals surface area contributed by atoms with Crippen LogP contribution in [0.3, 0.4) is 0 Å². The SMILES string of the molecule is O=C(C1CCN(c2ccc3c(c2)OCCO3)C1=O)N1CCCNCC1. The Kier molecular flexibility index (Phi) is 4.48. The monoisotopic (exact) mass is 345 g/mol. The van der Waals surface area contributed by atoms with Crippen LogP contribution in [0.4, 0.5) is 5.69 Å². The molecule has 3 aliphatic rings. The van der Waals surface area contributed by atoms with Gasteiger partial charge < -0.3 is 24.6 Å². The van der Waals surface area contributed by atoms with Crippen LogP contribution in [0, 0.1) is 5.92 Å². The van der Waals surface area contributed by atoms with Crippen molar-refractivity contribution in [2.24, 2.45) is 5.92 Å². The van der Waals surface area contributed by atoms with Crippen LogP contribution < -0.4 is 19.7 Å². The number of hydrogen-bond acceptors (Lipinski definition) is 5. The van der Waals surface area contributed by atoms with E-state index in [2.05, 4.69) is 5.32 Å². The van der Waals surface area contributed by atoms with Crippen LogP contribution in [0.25, 0.3) is 0 Å². The highest BCUT2D eigenvalue weighted by Crippen LogP contribution is 2.36. The van der Waals surface area contributed by atoms with Crippen molar-refractivity contribution >= 4 is 17.5 Å². The molecule has 0 bridgehead atoms. The molecule has 0 saturated carbocycles. The molecular weight excluding hydrogens is 322 g/mol. The molecule has 3 aliphatic heterocycles. The van der Waals surface area contributed by atoms with E-state index in [-0.39, 0.29) is 11.8 Å². The van der Waals surface area contributed by atoms with Crippen molar-refractivity contribution in [1.82, 2.24) is 10.2 Å². The molecule has 2 fully saturated rings. The van der Waals surface area contributed by atoms with Crippen molar-refractivity contribution < 1.29 is 19.1 Å².